The van der Waals surface area contributed by atoms with Gasteiger partial charge in [0.2, 0.25) is 0 Å². The number of aliphatic hydroxyl groups excluding tert-OH is 1. The third-order valence-corrected chi connectivity index (χ3v) is 2.09. The summed E-state index contributed by atoms with van der Waals surface area (Å²) < 4.78 is 0. The van der Waals surface area contributed by atoms with Gasteiger partial charge in [0.05, 0.1) is 0 Å². The third kappa shape index (κ3) is 3.13. The van der Waals surface area contributed by atoms with Gasteiger partial charge in [-0.2, -0.15) is 0 Å². The number of aliphatic hydroxyl groups is 1. The molecule has 0 spiro atoms. The highest BCUT2D eigenvalue weighted by molar-refractivity contribution is 5.08. The molecule has 0 heterocycles. The summed E-state index contributed by atoms with van der Waals surface area (Å²) >= 11 is 0. The number of nitrogens with one attached hydrogen (secondary N) is 1. The van der Waals surface area contributed by atoms with E-state index in [1.807, 2.05) is 21.0 Å². The first-order valence-corrected chi connectivity index (χ1v) is 4.36. The molecule has 0 rings (SSSR count). The summed E-state index contributed by atoms with van der Waals surface area (Å²) in [5.74, 6) is 0. The topological polar surface area (TPSA) is 35.5 Å². The summed E-state index contributed by atoms with van der Waals surface area (Å²) in [6, 6.07) is 0. The van der Waals surface area contributed by atoms with Crippen molar-refractivity contribution in [2.24, 2.45) is 0 Å². The van der Waals surface area contributed by atoms with Crippen molar-refractivity contribution in [1.29, 1.82) is 0 Å². The van der Waals surface area contributed by atoms with E-state index in [0.717, 1.165) is 18.7 Å². The Morgan fingerprint density at radius 3 is 2.42 bits per heavy atom. The molecule has 3 heteroatoms. The fourth-order valence-corrected chi connectivity index (χ4v) is 1.11. The highest BCUT2D eigenvalue weighted by Crippen LogP contribution is 2.09. The highest BCUT2D eigenvalue weighted by Gasteiger charge is 2.04. The van der Waals surface area contributed by atoms with Crippen molar-refractivity contribution < 1.29 is 5.11 Å². The minimum absolute atomic E-state index is 0.207. The summed E-state index contributed by atoms with van der Waals surface area (Å²) in [7, 11) is 3.93. The molecule has 0 aliphatic rings. The second kappa shape index (κ2) is 5.89. The van der Waals surface area contributed by atoms with Gasteiger partial charge >= 0.3 is 0 Å². The van der Waals surface area contributed by atoms with Crippen LogP contribution in [0.3, 0.4) is 0 Å². The molecule has 0 fully saturated rings. The Morgan fingerprint density at radius 1 is 1.50 bits per heavy atom. The van der Waals surface area contributed by atoms with Crippen molar-refractivity contribution in [3.05, 3.63) is 11.4 Å². The molecule has 0 aromatic rings. The van der Waals surface area contributed by atoms with Crippen molar-refractivity contribution in [1.82, 2.24) is 10.2 Å². The summed E-state index contributed by atoms with van der Waals surface area (Å²) in [6.45, 7) is 5.30. The predicted molar refractivity (Wildman–Crippen MR) is 51.8 cm³/mol. The van der Waals surface area contributed by atoms with Crippen molar-refractivity contribution in [3.8, 4) is 0 Å². The smallest absolute Gasteiger partial charge is 0.0486 e. The zero-order chi connectivity index (χ0) is 9.56. The summed E-state index contributed by atoms with van der Waals surface area (Å²) in [4.78, 5) is 2.14. The summed E-state index contributed by atoms with van der Waals surface area (Å²) in [6.07, 6.45) is 0.719. The molecule has 3 nitrogen and oxygen atoms in total. The first-order valence-electron chi connectivity index (χ1n) is 4.36. The molecule has 0 unspecified atom stereocenters. The van der Waals surface area contributed by atoms with E-state index in [4.69, 9.17) is 5.11 Å². The molecule has 72 valence electrons. The van der Waals surface area contributed by atoms with Crippen LogP contribution in [0.25, 0.3) is 0 Å². The normalized spacial score (nSPS) is 12.4. The van der Waals surface area contributed by atoms with Crippen LogP contribution in [0.5, 0.6) is 0 Å². The van der Waals surface area contributed by atoms with Crippen LogP contribution in [-0.4, -0.2) is 37.3 Å². The fourth-order valence-electron chi connectivity index (χ4n) is 1.11. The van der Waals surface area contributed by atoms with E-state index in [0.29, 0.717) is 0 Å². The molecule has 12 heavy (non-hydrogen) atoms. The lowest BCUT2D eigenvalue weighted by atomic mass is 10.2. The lowest BCUT2D eigenvalue weighted by molar-refractivity contribution is 0.278. The maximum absolute atomic E-state index is 8.84. The van der Waals surface area contributed by atoms with Gasteiger partial charge in [-0.15, -0.1) is 0 Å². The van der Waals surface area contributed by atoms with Crippen LogP contribution in [0.4, 0.5) is 0 Å². The van der Waals surface area contributed by atoms with Crippen molar-refractivity contribution in [2.45, 2.75) is 20.3 Å². The minimum Gasteiger partial charge on any atom is -0.396 e. The maximum Gasteiger partial charge on any atom is 0.0486 e. The van der Waals surface area contributed by atoms with Gasteiger partial charge in [0.25, 0.3) is 0 Å². The minimum atomic E-state index is 0.207. The zero-order valence-corrected chi connectivity index (χ0v) is 8.52. The molecule has 0 amide bonds. The average Bonchev–Trinajstić information content (AvgIpc) is 2.11. The van der Waals surface area contributed by atoms with Crippen LogP contribution < -0.4 is 5.32 Å². The van der Waals surface area contributed by atoms with Gasteiger partial charge in [-0.05, 0) is 13.8 Å². The molecular formula is C9H20N2O. The number of allylic oxidation sites excluding steroid dienone is 1. The summed E-state index contributed by atoms with van der Waals surface area (Å²) in [5.41, 5.74) is 2.32. The number of hydrogen-bond donors (Lipinski definition) is 2. The van der Waals surface area contributed by atoms with Crippen LogP contribution in [0.2, 0.25) is 0 Å². The van der Waals surface area contributed by atoms with E-state index in [1.54, 1.807) is 0 Å². The first-order chi connectivity index (χ1) is 5.67. The molecule has 0 aliphatic carbocycles. The van der Waals surface area contributed by atoms with E-state index >= 15 is 0 Å². The molecule has 0 saturated heterocycles. The van der Waals surface area contributed by atoms with E-state index < -0.39 is 0 Å². The van der Waals surface area contributed by atoms with Crippen molar-refractivity contribution in [2.75, 3.05) is 27.2 Å². The second-order valence-electron chi connectivity index (χ2n) is 2.81. The van der Waals surface area contributed by atoms with Gasteiger partial charge in [-0.25, -0.2) is 0 Å². The van der Waals surface area contributed by atoms with Gasteiger partial charge < -0.3 is 15.3 Å². The van der Waals surface area contributed by atoms with E-state index in [9.17, 15) is 0 Å². The Kier molecular flexibility index (Phi) is 5.54. The first kappa shape index (κ1) is 11.3. The Balaban J connectivity index is 4.41. The highest BCUT2D eigenvalue weighted by atomic mass is 16.3. The van der Waals surface area contributed by atoms with Gasteiger partial charge in [-0.3, -0.25) is 0 Å². The van der Waals surface area contributed by atoms with Crippen LogP contribution in [0.1, 0.15) is 20.3 Å². The van der Waals surface area contributed by atoms with Gasteiger partial charge in [0.1, 0.15) is 0 Å². The molecule has 0 radical (unpaired) electrons. The monoisotopic (exact) mass is 172 g/mol. The maximum atomic E-state index is 8.84. The molecule has 0 aromatic heterocycles. The van der Waals surface area contributed by atoms with Gasteiger partial charge in [0.15, 0.2) is 0 Å². The Hall–Kier alpha value is -0.700. The Morgan fingerprint density at radius 2 is 2.08 bits per heavy atom. The molecule has 0 saturated carbocycles. The molecule has 0 aliphatic heterocycles. The Bertz CT molecular complexity index is 155. The third-order valence-electron chi connectivity index (χ3n) is 2.09. The number of rotatable bonds is 5. The van der Waals surface area contributed by atoms with Gasteiger partial charge in [-0.1, -0.05) is 0 Å². The quantitative estimate of drug-likeness (QED) is 0.643. The van der Waals surface area contributed by atoms with Crippen molar-refractivity contribution in [3.63, 3.8) is 0 Å². The zero-order valence-electron chi connectivity index (χ0n) is 8.52. The van der Waals surface area contributed by atoms with Crippen LogP contribution in [-0.2, 0) is 0 Å². The van der Waals surface area contributed by atoms with Crippen LogP contribution >= 0.6 is 0 Å². The predicted octanol–water partition coefficient (Wildman–Crippen LogP) is 0.771. The molecule has 0 aromatic carbocycles. The van der Waals surface area contributed by atoms with Crippen LogP contribution in [0, 0.1) is 0 Å². The standard InChI is InChI=1S/C9H20N2O/c1-5-11(4)9(6-7-12)8(2)10-3/h10,12H,5-7H2,1-4H3/b9-8-. The second-order valence-corrected chi connectivity index (χ2v) is 2.81. The van der Waals surface area contributed by atoms with E-state index in [2.05, 4.69) is 17.1 Å². The number of hydrogen-bond acceptors (Lipinski definition) is 3. The number of nitrogens with zero attached hydrogens (tertiary/aromatic N) is 1. The summed E-state index contributed by atoms with van der Waals surface area (Å²) in [5, 5.41) is 11.9. The molecule has 2 N–H and O–H groups in total. The lowest BCUT2D eigenvalue weighted by Crippen LogP contribution is -2.22. The van der Waals surface area contributed by atoms with Crippen molar-refractivity contribution >= 4 is 0 Å². The average molecular weight is 172 g/mol. The molecule has 0 bridgehead atoms. The largest absolute Gasteiger partial charge is 0.396 e. The lowest BCUT2D eigenvalue weighted by Gasteiger charge is -2.22. The molecule has 0 atom stereocenters. The SMILES string of the molecule is CCN(C)/C(CCO)=C(/C)NC. The molecular weight excluding hydrogens is 152 g/mol. The van der Waals surface area contributed by atoms with Crippen LogP contribution in [0.15, 0.2) is 11.4 Å². The van der Waals surface area contributed by atoms with Gasteiger partial charge in [0, 0.05) is 45.1 Å². The Labute approximate surface area is 75.1 Å². The fraction of sp³-hybridized carbons (Fsp3) is 0.778. The van der Waals surface area contributed by atoms with E-state index in [-0.39, 0.29) is 6.61 Å². The van der Waals surface area contributed by atoms with E-state index in [1.165, 1.54) is 5.70 Å².